The minimum absolute atomic E-state index is 0.591. The molecule has 1 aromatic carbocycles. The molecule has 1 aromatic heterocycles. The van der Waals surface area contributed by atoms with Gasteiger partial charge in [0.25, 0.3) is 0 Å². The summed E-state index contributed by atoms with van der Waals surface area (Å²) in [6, 6.07) is 7.57. The summed E-state index contributed by atoms with van der Waals surface area (Å²) in [6.45, 7) is 5.62. The Morgan fingerprint density at radius 1 is 1.27 bits per heavy atom. The van der Waals surface area contributed by atoms with Gasteiger partial charge in [-0.3, -0.25) is 0 Å². The maximum atomic E-state index is 8.91. The topological polar surface area (TPSA) is 56.1 Å². The normalized spacial score (nSPS) is 15.0. The van der Waals surface area contributed by atoms with Crippen LogP contribution in [0.5, 0.6) is 0 Å². The maximum absolute atomic E-state index is 8.91. The summed E-state index contributed by atoms with van der Waals surface area (Å²) in [5, 5.41) is 10.5. The molecule has 1 fully saturated rings. The van der Waals surface area contributed by atoms with Crippen molar-refractivity contribution in [2.45, 2.75) is 13.3 Å². The highest BCUT2D eigenvalue weighted by molar-refractivity contribution is 7.09. The third-order valence-corrected chi connectivity index (χ3v) is 4.86. The Hall–Kier alpha value is -1.84. The molecule has 0 amide bonds. The van der Waals surface area contributed by atoms with Crippen molar-refractivity contribution in [3.05, 3.63) is 34.6 Å². The molecule has 0 N–H and O–H groups in total. The monoisotopic (exact) mass is 333 g/mol. The molecule has 0 saturated carbocycles. The van der Waals surface area contributed by atoms with E-state index in [-0.39, 0.29) is 0 Å². The number of nitriles is 1. The smallest absolute Gasteiger partial charge is 0.205 e. The van der Waals surface area contributed by atoms with Gasteiger partial charge in [0.2, 0.25) is 5.13 Å². The van der Waals surface area contributed by atoms with Gasteiger partial charge in [-0.25, -0.2) is 4.98 Å². The summed E-state index contributed by atoms with van der Waals surface area (Å²) in [7, 11) is 0. The minimum Gasteiger partial charge on any atom is -0.367 e. The van der Waals surface area contributed by atoms with Crippen LogP contribution in [0.2, 0.25) is 5.02 Å². The van der Waals surface area contributed by atoms with E-state index < -0.39 is 0 Å². The fraction of sp³-hybridized carbons (Fsp3) is 0.400. The number of piperazine rings is 1. The number of benzene rings is 1. The van der Waals surface area contributed by atoms with E-state index in [9.17, 15) is 0 Å². The fourth-order valence-corrected chi connectivity index (χ4v) is 3.59. The lowest BCUT2D eigenvalue weighted by Gasteiger charge is -2.36. The number of hydrogen-bond donors (Lipinski definition) is 0. The SMILES string of the molecule is CCc1nsc(N2CCN(c3ccc(C#N)cc3Cl)CC2)n1. The molecular formula is C15H16ClN5S. The second-order valence-electron chi connectivity index (χ2n) is 5.10. The number of hydrogen-bond acceptors (Lipinski definition) is 6. The van der Waals surface area contributed by atoms with Crippen LogP contribution in [0.3, 0.4) is 0 Å². The van der Waals surface area contributed by atoms with Crippen LogP contribution in [0.1, 0.15) is 18.3 Å². The summed E-state index contributed by atoms with van der Waals surface area (Å²) in [4.78, 5) is 9.06. The quantitative estimate of drug-likeness (QED) is 0.864. The number of aryl methyl sites for hydroxylation is 1. The highest BCUT2D eigenvalue weighted by Gasteiger charge is 2.21. The summed E-state index contributed by atoms with van der Waals surface area (Å²) >= 11 is 7.76. The lowest BCUT2D eigenvalue weighted by molar-refractivity contribution is 0.651. The third kappa shape index (κ3) is 3.01. The van der Waals surface area contributed by atoms with Gasteiger partial charge in [-0.05, 0) is 18.2 Å². The summed E-state index contributed by atoms with van der Waals surface area (Å²) < 4.78 is 4.34. The van der Waals surface area contributed by atoms with Gasteiger partial charge in [0.15, 0.2) is 0 Å². The van der Waals surface area contributed by atoms with Crippen molar-refractivity contribution in [1.82, 2.24) is 9.36 Å². The van der Waals surface area contributed by atoms with Crippen LogP contribution >= 0.6 is 23.1 Å². The Morgan fingerprint density at radius 3 is 2.59 bits per heavy atom. The van der Waals surface area contributed by atoms with Gasteiger partial charge >= 0.3 is 0 Å². The lowest BCUT2D eigenvalue weighted by atomic mass is 10.2. The highest BCUT2D eigenvalue weighted by Crippen LogP contribution is 2.28. The van der Waals surface area contributed by atoms with Gasteiger partial charge in [0.1, 0.15) is 5.82 Å². The van der Waals surface area contributed by atoms with E-state index in [4.69, 9.17) is 16.9 Å². The molecule has 0 atom stereocenters. The zero-order valence-electron chi connectivity index (χ0n) is 12.3. The van der Waals surface area contributed by atoms with Gasteiger partial charge in [0, 0.05) is 44.1 Å². The van der Waals surface area contributed by atoms with Crippen molar-refractivity contribution in [3.8, 4) is 6.07 Å². The molecule has 114 valence electrons. The van der Waals surface area contributed by atoms with Crippen molar-refractivity contribution < 1.29 is 0 Å². The molecule has 0 aliphatic carbocycles. The summed E-state index contributed by atoms with van der Waals surface area (Å²) in [5.41, 5.74) is 1.58. The average molecular weight is 334 g/mol. The maximum Gasteiger partial charge on any atom is 0.205 e. The standard InChI is InChI=1S/C15H16ClN5S/c1-2-14-18-15(22-19-14)21-7-5-20(6-8-21)13-4-3-11(10-17)9-12(13)16/h3-4,9H,2,5-8H2,1H3. The van der Waals surface area contributed by atoms with E-state index in [1.54, 1.807) is 6.07 Å². The van der Waals surface area contributed by atoms with Crippen LogP contribution in [-0.4, -0.2) is 35.5 Å². The van der Waals surface area contributed by atoms with Crippen molar-refractivity contribution in [1.29, 1.82) is 5.26 Å². The van der Waals surface area contributed by atoms with Crippen LogP contribution in [0.4, 0.5) is 10.8 Å². The van der Waals surface area contributed by atoms with E-state index in [2.05, 4.69) is 32.2 Å². The van der Waals surface area contributed by atoms with Crippen LogP contribution in [0.15, 0.2) is 18.2 Å². The number of nitrogens with zero attached hydrogens (tertiary/aromatic N) is 5. The molecule has 0 unspecified atom stereocenters. The van der Waals surface area contributed by atoms with E-state index in [1.807, 2.05) is 12.1 Å². The molecule has 1 aliphatic rings. The first kappa shape index (κ1) is 15.1. The molecule has 22 heavy (non-hydrogen) atoms. The van der Waals surface area contributed by atoms with E-state index in [1.165, 1.54) is 11.5 Å². The molecule has 3 rings (SSSR count). The molecule has 2 aromatic rings. The lowest BCUT2D eigenvalue weighted by Crippen LogP contribution is -2.46. The Balaban J connectivity index is 1.68. The fourth-order valence-electron chi connectivity index (χ4n) is 2.49. The van der Waals surface area contributed by atoms with Gasteiger partial charge in [-0.2, -0.15) is 9.64 Å². The highest BCUT2D eigenvalue weighted by atomic mass is 35.5. The number of aromatic nitrogens is 2. The molecule has 1 saturated heterocycles. The van der Waals surface area contributed by atoms with Gasteiger partial charge < -0.3 is 9.80 Å². The second-order valence-corrected chi connectivity index (χ2v) is 6.24. The van der Waals surface area contributed by atoms with E-state index >= 15 is 0 Å². The van der Waals surface area contributed by atoms with Crippen molar-refractivity contribution in [3.63, 3.8) is 0 Å². The largest absolute Gasteiger partial charge is 0.367 e. The second kappa shape index (κ2) is 6.51. The van der Waals surface area contributed by atoms with Crippen LogP contribution in [-0.2, 0) is 6.42 Å². The summed E-state index contributed by atoms with van der Waals surface area (Å²) in [6.07, 6.45) is 0.872. The first-order valence-corrected chi connectivity index (χ1v) is 8.38. The van der Waals surface area contributed by atoms with Crippen LogP contribution < -0.4 is 9.80 Å². The molecule has 0 bridgehead atoms. The molecule has 7 heteroatoms. The molecule has 2 heterocycles. The Bertz CT molecular complexity index is 700. The average Bonchev–Trinajstić information content (AvgIpc) is 3.04. The molecule has 0 radical (unpaired) electrons. The Labute approximate surface area is 138 Å². The predicted molar refractivity (Wildman–Crippen MR) is 89.9 cm³/mol. The molecule has 5 nitrogen and oxygen atoms in total. The van der Waals surface area contributed by atoms with Gasteiger partial charge in [-0.15, -0.1) is 0 Å². The third-order valence-electron chi connectivity index (χ3n) is 3.74. The number of anilines is 2. The number of rotatable bonds is 3. The van der Waals surface area contributed by atoms with Crippen molar-refractivity contribution in [2.75, 3.05) is 36.0 Å². The first-order chi connectivity index (χ1) is 10.7. The van der Waals surface area contributed by atoms with E-state index in [0.29, 0.717) is 10.6 Å². The minimum atomic E-state index is 0.591. The van der Waals surface area contributed by atoms with Crippen molar-refractivity contribution in [2.24, 2.45) is 0 Å². The van der Waals surface area contributed by atoms with Gasteiger partial charge in [0.05, 0.1) is 22.3 Å². The van der Waals surface area contributed by atoms with Crippen molar-refractivity contribution >= 4 is 34.0 Å². The molecule has 1 aliphatic heterocycles. The zero-order valence-corrected chi connectivity index (χ0v) is 13.9. The van der Waals surface area contributed by atoms with E-state index in [0.717, 1.165) is 49.2 Å². The van der Waals surface area contributed by atoms with Crippen LogP contribution in [0.25, 0.3) is 0 Å². The Kier molecular flexibility index (Phi) is 4.46. The molecular weight excluding hydrogens is 318 g/mol. The zero-order chi connectivity index (χ0) is 15.5. The Morgan fingerprint density at radius 2 is 2.00 bits per heavy atom. The predicted octanol–water partition coefficient (Wildman–Crippen LogP) is 2.95. The van der Waals surface area contributed by atoms with Gasteiger partial charge in [-0.1, -0.05) is 18.5 Å². The van der Waals surface area contributed by atoms with Crippen LogP contribution in [0, 0.1) is 11.3 Å². The first-order valence-electron chi connectivity index (χ1n) is 7.23. The summed E-state index contributed by atoms with van der Waals surface area (Å²) in [5.74, 6) is 0.914. The number of halogens is 1. The molecule has 0 spiro atoms.